The number of ether oxygens (including phenoxy) is 4. The van der Waals surface area contributed by atoms with Gasteiger partial charge in [-0.2, -0.15) is 0 Å². The van der Waals surface area contributed by atoms with Crippen molar-refractivity contribution < 1.29 is 18.9 Å². The molecule has 0 unspecified atom stereocenters. The molecule has 4 heterocycles. The number of hydrogen-bond donors (Lipinski definition) is 0. The van der Waals surface area contributed by atoms with E-state index in [1.165, 1.54) is 22.5 Å². The van der Waals surface area contributed by atoms with E-state index in [9.17, 15) is 0 Å². The van der Waals surface area contributed by atoms with Crippen LogP contribution in [-0.2, 0) is 13.1 Å². The van der Waals surface area contributed by atoms with Crippen molar-refractivity contribution in [2.75, 3.05) is 30.1 Å². The highest BCUT2D eigenvalue weighted by Crippen LogP contribution is 2.47. The molecule has 4 aliphatic rings. The van der Waals surface area contributed by atoms with E-state index >= 15 is 0 Å². The second-order valence-electron chi connectivity index (χ2n) is 6.21. The van der Waals surface area contributed by atoms with E-state index in [4.69, 9.17) is 18.9 Å². The number of anilines is 2. The van der Waals surface area contributed by atoms with Crippen LogP contribution in [0, 0.1) is 0 Å². The Bertz CT molecular complexity index is 781. The Balaban J connectivity index is 1.48. The number of hydrogen-bond acceptors (Lipinski definition) is 6. The van der Waals surface area contributed by atoms with Crippen molar-refractivity contribution in [1.29, 1.82) is 0 Å². The molecule has 0 fully saturated rings. The lowest BCUT2D eigenvalue weighted by molar-refractivity contribution is 0.173. The van der Waals surface area contributed by atoms with Crippen LogP contribution in [0.1, 0.15) is 11.1 Å². The minimum atomic E-state index is 0.309. The molecular weight excluding hydrogens is 296 g/mol. The zero-order valence-electron chi connectivity index (χ0n) is 12.4. The first-order valence-corrected chi connectivity index (χ1v) is 7.70. The van der Waals surface area contributed by atoms with Crippen LogP contribution >= 0.6 is 0 Å². The average molecular weight is 310 g/mol. The molecule has 0 saturated heterocycles. The van der Waals surface area contributed by atoms with Crippen LogP contribution in [-0.4, -0.2) is 20.3 Å². The third kappa shape index (κ3) is 1.52. The van der Waals surface area contributed by atoms with Crippen molar-refractivity contribution >= 4 is 11.4 Å². The molecule has 0 atom stereocenters. The van der Waals surface area contributed by atoms with E-state index in [-0.39, 0.29) is 0 Å². The fourth-order valence-electron chi connectivity index (χ4n) is 3.83. The number of benzene rings is 2. The lowest BCUT2D eigenvalue weighted by Gasteiger charge is -2.44. The Labute approximate surface area is 132 Å². The fraction of sp³-hybridized carbons (Fsp3) is 0.294. The van der Waals surface area contributed by atoms with Gasteiger partial charge in [0.25, 0.3) is 0 Å². The minimum absolute atomic E-state index is 0.309. The molecule has 2 bridgehead atoms. The van der Waals surface area contributed by atoms with Crippen LogP contribution in [0.25, 0.3) is 0 Å². The third-order valence-corrected chi connectivity index (χ3v) is 4.89. The Hall–Kier alpha value is -2.76. The number of fused-ring (bicyclic) bond motifs is 8. The molecular formula is C17H14N2O4. The smallest absolute Gasteiger partial charge is 0.231 e. The van der Waals surface area contributed by atoms with Gasteiger partial charge in [0.05, 0.1) is 6.67 Å². The van der Waals surface area contributed by atoms with Gasteiger partial charge in [-0.25, -0.2) is 0 Å². The summed E-state index contributed by atoms with van der Waals surface area (Å²) in [4.78, 5) is 4.73. The Kier molecular flexibility index (Phi) is 2.02. The maximum atomic E-state index is 5.53. The summed E-state index contributed by atoms with van der Waals surface area (Å²) in [7, 11) is 0. The number of nitrogens with zero attached hydrogens (tertiary/aromatic N) is 2. The normalized spacial score (nSPS) is 18.8. The van der Waals surface area contributed by atoms with Crippen LogP contribution in [0.2, 0.25) is 0 Å². The summed E-state index contributed by atoms with van der Waals surface area (Å²) < 4.78 is 22.1. The van der Waals surface area contributed by atoms with Gasteiger partial charge in [0.2, 0.25) is 13.6 Å². The highest BCUT2D eigenvalue weighted by atomic mass is 16.7. The van der Waals surface area contributed by atoms with Gasteiger partial charge in [0, 0.05) is 36.6 Å². The molecule has 0 radical (unpaired) electrons. The quantitative estimate of drug-likeness (QED) is 0.745. The summed E-state index contributed by atoms with van der Waals surface area (Å²) in [5.74, 6) is 3.37. The first kappa shape index (κ1) is 11.8. The molecule has 2 aromatic rings. The van der Waals surface area contributed by atoms with Gasteiger partial charge < -0.3 is 28.7 Å². The van der Waals surface area contributed by atoms with Crippen molar-refractivity contribution in [1.82, 2.24) is 0 Å². The molecule has 116 valence electrons. The zero-order chi connectivity index (χ0) is 15.0. The van der Waals surface area contributed by atoms with Crippen molar-refractivity contribution in [3.8, 4) is 23.0 Å². The summed E-state index contributed by atoms with van der Waals surface area (Å²) >= 11 is 0. The zero-order valence-corrected chi connectivity index (χ0v) is 12.4. The van der Waals surface area contributed by atoms with E-state index < -0.39 is 0 Å². The predicted octanol–water partition coefficient (Wildman–Crippen LogP) is 2.44. The first-order valence-electron chi connectivity index (χ1n) is 7.70. The van der Waals surface area contributed by atoms with Gasteiger partial charge in [-0.15, -0.1) is 0 Å². The molecule has 0 N–H and O–H groups in total. The molecule has 0 aliphatic carbocycles. The number of rotatable bonds is 0. The summed E-state index contributed by atoms with van der Waals surface area (Å²) in [5, 5.41) is 0. The van der Waals surface area contributed by atoms with Gasteiger partial charge >= 0.3 is 0 Å². The Morgan fingerprint density at radius 2 is 1.04 bits per heavy atom. The SMILES string of the molecule is c1c2c(cc3c1OCO3)N1Cc3cc4c(cc3N(C2)C1)OCO4. The van der Waals surface area contributed by atoms with Gasteiger partial charge in [0.1, 0.15) is 0 Å². The van der Waals surface area contributed by atoms with E-state index in [1.807, 2.05) is 0 Å². The maximum absolute atomic E-state index is 5.53. The van der Waals surface area contributed by atoms with Crippen LogP contribution in [0.5, 0.6) is 23.0 Å². The largest absolute Gasteiger partial charge is 0.454 e. The van der Waals surface area contributed by atoms with E-state index in [0.717, 1.165) is 42.8 Å². The molecule has 0 aromatic heterocycles. The van der Waals surface area contributed by atoms with Crippen LogP contribution < -0.4 is 28.7 Å². The molecule has 6 rings (SSSR count). The van der Waals surface area contributed by atoms with Crippen molar-refractivity contribution in [2.24, 2.45) is 0 Å². The van der Waals surface area contributed by atoms with Crippen LogP contribution in [0.4, 0.5) is 11.4 Å². The molecule has 4 aliphatic heterocycles. The summed E-state index contributed by atoms with van der Waals surface area (Å²) in [6.45, 7) is 3.21. The van der Waals surface area contributed by atoms with E-state index in [0.29, 0.717) is 13.6 Å². The van der Waals surface area contributed by atoms with E-state index in [2.05, 4.69) is 34.1 Å². The first-order chi connectivity index (χ1) is 11.3. The van der Waals surface area contributed by atoms with Crippen molar-refractivity contribution in [2.45, 2.75) is 13.1 Å². The minimum Gasteiger partial charge on any atom is -0.454 e. The molecule has 0 amide bonds. The summed E-state index contributed by atoms with van der Waals surface area (Å²) in [6.07, 6.45) is 0. The Morgan fingerprint density at radius 3 is 1.52 bits per heavy atom. The van der Waals surface area contributed by atoms with E-state index in [1.54, 1.807) is 0 Å². The molecule has 0 spiro atoms. The van der Waals surface area contributed by atoms with Crippen LogP contribution in [0.15, 0.2) is 24.3 Å². The fourth-order valence-corrected chi connectivity index (χ4v) is 3.83. The highest BCUT2D eigenvalue weighted by molar-refractivity contribution is 5.73. The van der Waals surface area contributed by atoms with Crippen molar-refractivity contribution in [3.05, 3.63) is 35.4 Å². The van der Waals surface area contributed by atoms with Gasteiger partial charge in [-0.05, 0) is 23.3 Å². The molecule has 6 nitrogen and oxygen atoms in total. The van der Waals surface area contributed by atoms with Crippen LogP contribution in [0.3, 0.4) is 0 Å². The van der Waals surface area contributed by atoms with Crippen molar-refractivity contribution in [3.63, 3.8) is 0 Å². The van der Waals surface area contributed by atoms with Gasteiger partial charge in [0.15, 0.2) is 23.0 Å². The van der Waals surface area contributed by atoms with Gasteiger partial charge in [-0.1, -0.05) is 0 Å². The molecule has 2 aromatic carbocycles. The summed E-state index contributed by atoms with van der Waals surface area (Å²) in [5.41, 5.74) is 5.00. The second-order valence-corrected chi connectivity index (χ2v) is 6.21. The topological polar surface area (TPSA) is 43.4 Å². The second kappa shape index (κ2) is 3.95. The monoisotopic (exact) mass is 310 g/mol. The molecule has 0 saturated carbocycles. The highest BCUT2D eigenvalue weighted by Gasteiger charge is 2.33. The molecule has 23 heavy (non-hydrogen) atoms. The Morgan fingerprint density at radius 1 is 0.609 bits per heavy atom. The predicted molar refractivity (Wildman–Crippen MR) is 82.4 cm³/mol. The molecule has 6 heteroatoms. The lowest BCUT2D eigenvalue weighted by atomic mass is 10.0. The summed E-state index contributed by atoms with van der Waals surface area (Å²) in [6, 6.07) is 8.42. The third-order valence-electron chi connectivity index (χ3n) is 4.89. The standard InChI is InChI=1S/C17H14N2O4/c1-10-5-18-7-19(12(10)3-16-14(1)20-8-22-16)6-11-2-15-17(4-13(11)18)23-9-21-15/h1-4H,5-9H2. The maximum Gasteiger partial charge on any atom is 0.231 e. The van der Waals surface area contributed by atoms with Gasteiger partial charge in [-0.3, -0.25) is 0 Å². The lowest BCUT2D eigenvalue weighted by Crippen LogP contribution is -2.46. The average Bonchev–Trinajstić information content (AvgIpc) is 3.19.